The van der Waals surface area contributed by atoms with Crippen LogP contribution in [0.4, 0.5) is 0 Å². The minimum atomic E-state index is -0.558. The molecule has 0 bridgehead atoms. The van der Waals surface area contributed by atoms with E-state index in [9.17, 15) is 4.79 Å². The lowest BCUT2D eigenvalue weighted by Gasteiger charge is -2.48. The second-order valence-corrected chi connectivity index (χ2v) is 6.61. The SMILES string of the molecule is COCC(N)C(=O)NCC1(N2CCCCC2)CCCCC1.Cl. The Bertz CT molecular complexity index is 329. The Hall–Kier alpha value is -0.360. The number of amides is 1. The van der Waals surface area contributed by atoms with Crippen molar-refractivity contribution in [1.29, 1.82) is 0 Å². The van der Waals surface area contributed by atoms with Gasteiger partial charge >= 0.3 is 0 Å². The second kappa shape index (κ2) is 9.71. The standard InChI is InChI=1S/C16H31N3O2.ClH/c1-21-12-14(17)15(20)18-13-16(8-4-2-5-9-16)19-10-6-3-7-11-19;/h14H,2-13,17H2,1H3,(H,18,20);1H. The molecule has 1 aliphatic heterocycles. The molecule has 1 amide bonds. The smallest absolute Gasteiger partial charge is 0.239 e. The first-order chi connectivity index (χ1) is 10.2. The molecule has 0 radical (unpaired) electrons. The van der Waals surface area contributed by atoms with Crippen molar-refractivity contribution in [2.24, 2.45) is 5.73 Å². The summed E-state index contributed by atoms with van der Waals surface area (Å²) in [6, 6.07) is -0.558. The molecule has 0 aromatic rings. The number of likely N-dealkylation sites (tertiary alicyclic amines) is 1. The Balaban J connectivity index is 0.00000242. The van der Waals surface area contributed by atoms with Gasteiger partial charge in [0.25, 0.3) is 0 Å². The van der Waals surface area contributed by atoms with E-state index in [-0.39, 0.29) is 30.5 Å². The largest absolute Gasteiger partial charge is 0.383 e. The Morgan fingerprint density at radius 1 is 1.18 bits per heavy atom. The summed E-state index contributed by atoms with van der Waals surface area (Å²) in [6.45, 7) is 3.38. The molecule has 0 aromatic carbocycles. The minimum absolute atomic E-state index is 0. The molecular formula is C16H32ClN3O2. The predicted octanol–water partition coefficient (Wildman–Crippen LogP) is 1.69. The summed E-state index contributed by atoms with van der Waals surface area (Å²) in [5.74, 6) is -0.0844. The highest BCUT2D eigenvalue weighted by Gasteiger charge is 2.38. The number of hydrogen-bond donors (Lipinski definition) is 2. The molecule has 2 rings (SSSR count). The van der Waals surface area contributed by atoms with E-state index in [1.807, 2.05) is 0 Å². The van der Waals surface area contributed by atoms with Gasteiger partial charge in [0.05, 0.1) is 6.61 Å². The number of hydrogen-bond acceptors (Lipinski definition) is 4. The number of methoxy groups -OCH3 is 1. The summed E-state index contributed by atoms with van der Waals surface area (Å²) < 4.78 is 4.96. The third kappa shape index (κ3) is 5.08. The van der Waals surface area contributed by atoms with Crippen LogP contribution in [0.2, 0.25) is 0 Å². The number of carbonyl (C=O) groups is 1. The first-order valence-corrected chi connectivity index (χ1v) is 8.45. The Morgan fingerprint density at radius 2 is 1.77 bits per heavy atom. The molecule has 1 unspecified atom stereocenters. The molecule has 0 spiro atoms. The number of rotatable bonds is 6. The molecule has 2 fully saturated rings. The third-order valence-electron chi connectivity index (χ3n) is 5.09. The monoisotopic (exact) mass is 333 g/mol. The average Bonchev–Trinajstić information content (AvgIpc) is 2.54. The number of nitrogens with one attached hydrogen (secondary N) is 1. The van der Waals surface area contributed by atoms with Crippen LogP contribution in [-0.4, -0.2) is 55.7 Å². The second-order valence-electron chi connectivity index (χ2n) is 6.61. The van der Waals surface area contributed by atoms with Gasteiger partial charge in [0.15, 0.2) is 0 Å². The van der Waals surface area contributed by atoms with Crippen LogP contribution in [0.25, 0.3) is 0 Å². The van der Waals surface area contributed by atoms with Crippen LogP contribution in [0.5, 0.6) is 0 Å². The first-order valence-electron chi connectivity index (χ1n) is 8.45. The summed E-state index contributed by atoms with van der Waals surface area (Å²) in [5, 5.41) is 3.09. The highest BCUT2D eigenvalue weighted by atomic mass is 35.5. The minimum Gasteiger partial charge on any atom is -0.383 e. The van der Waals surface area contributed by atoms with E-state index >= 15 is 0 Å². The van der Waals surface area contributed by atoms with Gasteiger partial charge in [-0.2, -0.15) is 0 Å². The van der Waals surface area contributed by atoms with Crippen LogP contribution >= 0.6 is 12.4 Å². The maximum atomic E-state index is 12.1. The van der Waals surface area contributed by atoms with Crippen LogP contribution in [-0.2, 0) is 9.53 Å². The zero-order chi connectivity index (χ0) is 15.1. The van der Waals surface area contributed by atoms with Crippen molar-refractivity contribution in [2.75, 3.05) is 33.4 Å². The van der Waals surface area contributed by atoms with E-state index in [0.717, 1.165) is 6.54 Å². The van der Waals surface area contributed by atoms with Crippen molar-refractivity contribution in [1.82, 2.24) is 10.2 Å². The summed E-state index contributed by atoms with van der Waals surface area (Å²) in [4.78, 5) is 14.7. The summed E-state index contributed by atoms with van der Waals surface area (Å²) in [6.07, 6.45) is 10.2. The maximum absolute atomic E-state index is 12.1. The summed E-state index contributed by atoms with van der Waals surface area (Å²) in [7, 11) is 1.57. The molecule has 1 saturated carbocycles. The fourth-order valence-electron chi connectivity index (χ4n) is 3.82. The lowest BCUT2D eigenvalue weighted by atomic mass is 9.79. The number of halogens is 1. The number of ether oxygens (including phenoxy) is 1. The zero-order valence-corrected chi connectivity index (χ0v) is 14.6. The molecule has 3 N–H and O–H groups in total. The van der Waals surface area contributed by atoms with Gasteiger partial charge in [-0.25, -0.2) is 0 Å². The van der Waals surface area contributed by atoms with Crippen molar-refractivity contribution in [3.8, 4) is 0 Å². The summed E-state index contributed by atoms with van der Waals surface area (Å²) >= 11 is 0. The molecule has 130 valence electrons. The number of piperidine rings is 1. The topological polar surface area (TPSA) is 67.6 Å². The Labute approximate surface area is 140 Å². The highest BCUT2D eigenvalue weighted by Crippen LogP contribution is 2.35. The maximum Gasteiger partial charge on any atom is 0.239 e. The van der Waals surface area contributed by atoms with Crippen molar-refractivity contribution >= 4 is 18.3 Å². The van der Waals surface area contributed by atoms with Crippen molar-refractivity contribution in [3.05, 3.63) is 0 Å². The van der Waals surface area contributed by atoms with Crippen LogP contribution in [0, 0.1) is 0 Å². The molecule has 1 aliphatic carbocycles. The quantitative estimate of drug-likeness (QED) is 0.776. The van der Waals surface area contributed by atoms with Gasteiger partial charge in [0, 0.05) is 19.2 Å². The molecule has 1 atom stereocenters. The Morgan fingerprint density at radius 3 is 2.36 bits per heavy atom. The van der Waals surface area contributed by atoms with Crippen LogP contribution in [0.1, 0.15) is 51.4 Å². The molecule has 1 saturated heterocycles. The Kier molecular flexibility index (Phi) is 8.69. The molecule has 6 heteroatoms. The van der Waals surface area contributed by atoms with Crippen LogP contribution < -0.4 is 11.1 Å². The van der Waals surface area contributed by atoms with Crippen LogP contribution in [0.15, 0.2) is 0 Å². The lowest BCUT2D eigenvalue weighted by Crippen LogP contribution is -2.59. The normalized spacial score (nSPS) is 23.4. The van der Waals surface area contributed by atoms with Crippen molar-refractivity contribution in [2.45, 2.75) is 62.9 Å². The van der Waals surface area contributed by atoms with E-state index in [1.165, 1.54) is 64.5 Å². The van der Waals surface area contributed by atoms with Crippen LogP contribution in [0.3, 0.4) is 0 Å². The van der Waals surface area contributed by atoms with E-state index < -0.39 is 6.04 Å². The van der Waals surface area contributed by atoms with Crippen molar-refractivity contribution in [3.63, 3.8) is 0 Å². The van der Waals surface area contributed by atoms with Gasteiger partial charge in [0.2, 0.25) is 5.91 Å². The van der Waals surface area contributed by atoms with Gasteiger partial charge in [-0.3, -0.25) is 9.69 Å². The fraction of sp³-hybridized carbons (Fsp3) is 0.938. The first kappa shape index (κ1) is 19.7. The lowest BCUT2D eigenvalue weighted by molar-refractivity contribution is -0.124. The zero-order valence-electron chi connectivity index (χ0n) is 13.8. The van der Waals surface area contributed by atoms with E-state index in [2.05, 4.69) is 10.2 Å². The third-order valence-corrected chi connectivity index (χ3v) is 5.09. The summed E-state index contributed by atoms with van der Waals surface area (Å²) in [5.41, 5.74) is 5.98. The molecule has 22 heavy (non-hydrogen) atoms. The number of carbonyl (C=O) groups excluding carboxylic acids is 1. The van der Waals surface area contributed by atoms with Crippen molar-refractivity contribution < 1.29 is 9.53 Å². The van der Waals surface area contributed by atoms with Gasteiger partial charge in [0.1, 0.15) is 6.04 Å². The number of nitrogens with two attached hydrogens (primary N) is 1. The van der Waals surface area contributed by atoms with Gasteiger partial charge in [-0.05, 0) is 38.8 Å². The highest BCUT2D eigenvalue weighted by molar-refractivity contribution is 5.85. The molecule has 1 heterocycles. The predicted molar refractivity (Wildman–Crippen MR) is 91.3 cm³/mol. The van der Waals surface area contributed by atoms with Gasteiger partial charge in [-0.15, -0.1) is 12.4 Å². The fourth-order valence-corrected chi connectivity index (χ4v) is 3.82. The molecule has 2 aliphatic rings. The van der Waals surface area contributed by atoms with Gasteiger partial charge in [-0.1, -0.05) is 25.7 Å². The van der Waals surface area contributed by atoms with E-state index in [1.54, 1.807) is 7.11 Å². The van der Waals surface area contributed by atoms with E-state index in [0.29, 0.717) is 0 Å². The molecule has 0 aromatic heterocycles. The molecule has 5 nitrogen and oxygen atoms in total. The molecular weight excluding hydrogens is 302 g/mol. The van der Waals surface area contributed by atoms with E-state index in [4.69, 9.17) is 10.5 Å². The van der Waals surface area contributed by atoms with Gasteiger partial charge < -0.3 is 15.8 Å². The number of nitrogens with zero attached hydrogens (tertiary/aromatic N) is 1. The average molecular weight is 334 g/mol.